The molecule has 1 saturated heterocycles. The highest BCUT2D eigenvalue weighted by atomic mass is 16.6. The molecule has 1 aromatic heterocycles. The van der Waals surface area contributed by atoms with Gasteiger partial charge >= 0.3 is 6.09 Å². The number of carbonyl (C=O) groups is 3. The molecule has 2 aromatic rings. The maximum atomic E-state index is 12.9. The molecule has 1 atom stereocenters. The number of pyridine rings is 1. The number of rotatable bonds is 5. The minimum Gasteiger partial charge on any atom is -0.444 e. The summed E-state index contributed by atoms with van der Waals surface area (Å²) in [6.45, 7) is 9.50. The number of amides is 2. The fraction of sp³-hybridized carbons (Fsp3) is 0.423. The summed E-state index contributed by atoms with van der Waals surface area (Å²) < 4.78 is 5.45. The minimum atomic E-state index is -0.519. The number of carbonyl (C=O) groups excluding carboxylic acids is 3. The van der Waals surface area contributed by atoms with Crippen LogP contribution in [0.4, 0.5) is 22.0 Å². The number of aromatic nitrogens is 1. The summed E-state index contributed by atoms with van der Waals surface area (Å²) in [6, 6.07) is 12.4. The lowest BCUT2D eigenvalue weighted by atomic mass is 10.1. The lowest BCUT2D eigenvalue weighted by molar-refractivity contribution is -0.118. The number of ketones is 1. The topological polar surface area (TPSA) is 107 Å². The van der Waals surface area contributed by atoms with Gasteiger partial charge in [-0.25, -0.2) is 9.78 Å². The first-order valence-corrected chi connectivity index (χ1v) is 12.0. The number of nitrogens with one attached hydrogen (secondary N) is 1. The molecule has 1 unspecified atom stereocenters. The molecule has 10 heteroatoms. The summed E-state index contributed by atoms with van der Waals surface area (Å²) in [5.74, 6) is -0.0399. The summed E-state index contributed by atoms with van der Waals surface area (Å²) in [4.78, 5) is 45.5. The second kappa shape index (κ2) is 10.3. The number of hydrazone groups is 1. The van der Waals surface area contributed by atoms with E-state index < -0.39 is 11.6 Å². The molecule has 0 saturated carbocycles. The van der Waals surface area contributed by atoms with Crippen LogP contribution in [0.1, 0.15) is 34.1 Å². The monoisotopic (exact) mass is 492 g/mol. The van der Waals surface area contributed by atoms with Crippen LogP contribution < -0.4 is 15.2 Å². The van der Waals surface area contributed by atoms with Crippen molar-refractivity contribution in [2.75, 3.05) is 41.4 Å². The lowest BCUT2D eigenvalue weighted by Gasteiger charge is -2.36. The van der Waals surface area contributed by atoms with Crippen molar-refractivity contribution in [3.63, 3.8) is 0 Å². The number of ether oxygens (including phenoxy) is 1. The third-order valence-corrected chi connectivity index (χ3v) is 5.95. The number of para-hydroxylation sites is 1. The molecule has 0 bridgehead atoms. The van der Waals surface area contributed by atoms with Gasteiger partial charge in [-0.2, -0.15) is 5.10 Å². The smallest absolute Gasteiger partial charge is 0.410 e. The minimum absolute atomic E-state index is 0.0559. The molecule has 190 valence electrons. The fourth-order valence-corrected chi connectivity index (χ4v) is 4.09. The van der Waals surface area contributed by atoms with Crippen molar-refractivity contribution in [2.24, 2.45) is 5.10 Å². The largest absolute Gasteiger partial charge is 0.444 e. The van der Waals surface area contributed by atoms with Gasteiger partial charge in [0.1, 0.15) is 23.2 Å². The van der Waals surface area contributed by atoms with E-state index in [1.807, 2.05) is 57.2 Å². The predicted molar refractivity (Wildman–Crippen MR) is 138 cm³/mol. The van der Waals surface area contributed by atoms with Crippen LogP contribution in [0.3, 0.4) is 0 Å². The molecule has 0 spiro atoms. The van der Waals surface area contributed by atoms with Crippen LogP contribution in [-0.4, -0.2) is 71.2 Å². The maximum absolute atomic E-state index is 12.9. The zero-order chi connectivity index (χ0) is 25.9. The van der Waals surface area contributed by atoms with Crippen molar-refractivity contribution in [3.05, 3.63) is 48.7 Å². The molecule has 1 N–H and O–H groups in total. The number of Topliss-reactive ketones (excluding diaryl/α,β-unsaturated/α-hetero) is 1. The number of nitrogens with zero attached hydrogens (tertiary/aromatic N) is 5. The molecule has 2 aliphatic heterocycles. The molecule has 2 aliphatic rings. The van der Waals surface area contributed by atoms with E-state index in [9.17, 15) is 14.4 Å². The Morgan fingerprint density at radius 1 is 0.972 bits per heavy atom. The van der Waals surface area contributed by atoms with Crippen LogP contribution in [0.5, 0.6) is 0 Å². The third kappa shape index (κ3) is 5.99. The Kier molecular flexibility index (Phi) is 7.23. The summed E-state index contributed by atoms with van der Waals surface area (Å²) in [7, 11) is 0. The quantitative estimate of drug-likeness (QED) is 0.682. The second-order valence-corrected chi connectivity index (χ2v) is 9.87. The van der Waals surface area contributed by atoms with E-state index in [0.29, 0.717) is 32.0 Å². The molecule has 4 rings (SSSR count). The Balaban J connectivity index is 1.35. The van der Waals surface area contributed by atoms with E-state index in [1.165, 1.54) is 6.92 Å². The first-order chi connectivity index (χ1) is 17.1. The molecule has 0 aliphatic carbocycles. The zero-order valence-corrected chi connectivity index (χ0v) is 21.1. The van der Waals surface area contributed by atoms with Gasteiger partial charge in [0.05, 0.1) is 17.6 Å². The zero-order valence-electron chi connectivity index (χ0n) is 21.1. The van der Waals surface area contributed by atoms with Crippen molar-refractivity contribution in [2.45, 2.75) is 45.8 Å². The van der Waals surface area contributed by atoms with Crippen molar-refractivity contribution in [1.29, 1.82) is 0 Å². The molecular weight excluding hydrogens is 460 g/mol. The molecule has 0 radical (unpaired) electrons. The highest BCUT2D eigenvalue weighted by Gasteiger charge is 2.34. The highest BCUT2D eigenvalue weighted by Crippen LogP contribution is 2.25. The summed E-state index contributed by atoms with van der Waals surface area (Å²) in [6.07, 6.45) is 1.63. The second-order valence-electron chi connectivity index (χ2n) is 9.87. The first-order valence-electron chi connectivity index (χ1n) is 12.0. The Bertz CT molecular complexity index is 1140. The predicted octanol–water partition coefficient (Wildman–Crippen LogP) is 3.30. The van der Waals surface area contributed by atoms with Crippen LogP contribution >= 0.6 is 0 Å². The van der Waals surface area contributed by atoms with Crippen LogP contribution in [-0.2, 0) is 14.3 Å². The van der Waals surface area contributed by atoms with Crippen LogP contribution in [0, 0.1) is 0 Å². The SMILES string of the molecule is CC(=O)C1CC(C(=O)Nc2ccc(N3CCN(C(=O)OC(C)(C)C)CC3)cn2)=NN1c1ccccc1. The number of hydrogen-bond donors (Lipinski definition) is 1. The van der Waals surface area contributed by atoms with Gasteiger partial charge in [0.2, 0.25) is 0 Å². The summed E-state index contributed by atoms with van der Waals surface area (Å²) >= 11 is 0. The van der Waals surface area contributed by atoms with E-state index in [1.54, 1.807) is 22.2 Å². The Hall–Kier alpha value is -3.95. The highest BCUT2D eigenvalue weighted by molar-refractivity contribution is 6.44. The van der Waals surface area contributed by atoms with E-state index in [4.69, 9.17) is 4.74 Å². The van der Waals surface area contributed by atoms with Crippen molar-refractivity contribution in [1.82, 2.24) is 9.88 Å². The Labute approximate surface area is 210 Å². The lowest BCUT2D eigenvalue weighted by Crippen LogP contribution is -2.50. The van der Waals surface area contributed by atoms with Gasteiger partial charge in [-0.15, -0.1) is 0 Å². The van der Waals surface area contributed by atoms with Crippen molar-refractivity contribution < 1.29 is 19.1 Å². The third-order valence-electron chi connectivity index (χ3n) is 5.95. The molecule has 1 aromatic carbocycles. The number of benzene rings is 1. The van der Waals surface area contributed by atoms with Gasteiger partial charge < -0.3 is 19.9 Å². The maximum Gasteiger partial charge on any atom is 0.410 e. The molecule has 1 fully saturated rings. The Morgan fingerprint density at radius 3 is 2.25 bits per heavy atom. The van der Waals surface area contributed by atoms with E-state index in [0.717, 1.165) is 11.4 Å². The van der Waals surface area contributed by atoms with Crippen LogP contribution in [0.2, 0.25) is 0 Å². The van der Waals surface area contributed by atoms with E-state index >= 15 is 0 Å². The van der Waals surface area contributed by atoms with E-state index in [-0.39, 0.29) is 29.9 Å². The van der Waals surface area contributed by atoms with Crippen LogP contribution in [0.25, 0.3) is 0 Å². The van der Waals surface area contributed by atoms with Gasteiger partial charge in [0.15, 0.2) is 5.78 Å². The van der Waals surface area contributed by atoms with Gasteiger partial charge in [-0.1, -0.05) is 18.2 Å². The number of anilines is 3. The first kappa shape index (κ1) is 25.2. The molecular formula is C26H32N6O4. The number of hydrogen-bond acceptors (Lipinski definition) is 8. The van der Waals surface area contributed by atoms with Gasteiger partial charge in [0.25, 0.3) is 5.91 Å². The molecule has 36 heavy (non-hydrogen) atoms. The molecule has 10 nitrogen and oxygen atoms in total. The van der Waals surface area contributed by atoms with Gasteiger partial charge in [0, 0.05) is 32.6 Å². The molecule has 3 heterocycles. The van der Waals surface area contributed by atoms with Gasteiger partial charge in [-0.3, -0.25) is 14.6 Å². The average molecular weight is 493 g/mol. The normalized spacial score (nSPS) is 18.1. The van der Waals surface area contributed by atoms with Gasteiger partial charge in [-0.05, 0) is 52.0 Å². The number of piperazine rings is 1. The standard InChI is InChI=1S/C26H32N6O4/c1-18(33)22-16-21(29-32(22)19-8-6-5-7-9-19)24(34)28-23-11-10-20(17-27-23)30-12-14-31(15-13-30)25(35)36-26(2,3)4/h5-11,17,22H,12-16H2,1-4H3,(H,27,28,34). The van der Waals surface area contributed by atoms with Crippen LogP contribution in [0.15, 0.2) is 53.8 Å². The fourth-order valence-electron chi connectivity index (χ4n) is 4.09. The molecule has 2 amide bonds. The van der Waals surface area contributed by atoms with Crippen molar-refractivity contribution >= 4 is 40.7 Å². The average Bonchev–Trinajstić information content (AvgIpc) is 3.30. The van der Waals surface area contributed by atoms with Crippen molar-refractivity contribution in [3.8, 4) is 0 Å². The van der Waals surface area contributed by atoms with E-state index in [2.05, 4.69) is 20.3 Å². The summed E-state index contributed by atoms with van der Waals surface area (Å²) in [5, 5.41) is 8.81. The Morgan fingerprint density at radius 2 is 1.67 bits per heavy atom. The summed E-state index contributed by atoms with van der Waals surface area (Å²) in [5.41, 5.74) is 1.43.